The number of carbonyl (C=O) groups excluding carboxylic acids is 2. The highest BCUT2D eigenvalue weighted by Gasteiger charge is 2.26. The second-order valence-electron chi connectivity index (χ2n) is 5.36. The van der Waals surface area contributed by atoms with Crippen molar-refractivity contribution in [2.75, 3.05) is 11.9 Å². The fraction of sp³-hybridized carbons (Fsp3) is 0.176. The van der Waals surface area contributed by atoms with Crippen molar-refractivity contribution >= 4 is 17.7 Å². The van der Waals surface area contributed by atoms with Gasteiger partial charge in [0.15, 0.2) is 12.4 Å². The Labute approximate surface area is 147 Å². The molecule has 3 aromatic heterocycles. The highest BCUT2D eigenvalue weighted by atomic mass is 16.5. The number of hydrogen-bond donors (Lipinski definition) is 1. The molecule has 0 saturated heterocycles. The summed E-state index contributed by atoms with van der Waals surface area (Å²) in [6, 6.07) is 6.98. The second-order valence-corrected chi connectivity index (χ2v) is 5.36. The predicted molar refractivity (Wildman–Crippen MR) is 87.6 cm³/mol. The van der Waals surface area contributed by atoms with Crippen LogP contribution >= 0.6 is 0 Å². The lowest BCUT2D eigenvalue weighted by Gasteiger charge is -2.04. The van der Waals surface area contributed by atoms with Crippen LogP contribution in [0.2, 0.25) is 0 Å². The molecule has 0 atom stereocenters. The number of hydrogen-bond acceptors (Lipinski definition) is 7. The zero-order chi connectivity index (χ0) is 18.7. The molecular weight excluding hydrogens is 340 g/mol. The lowest BCUT2D eigenvalue weighted by atomic mass is 10.1. The van der Waals surface area contributed by atoms with Crippen molar-refractivity contribution in [3.05, 3.63) is 53.2 Å². The van der Waals surface area contributed by atoms with E-state index in [-0.39, 0.29) is 28.6 Å². The number of nitrogens with zero attached hydrogens (tertiary/aromatic N) is 3. The van der Waals surface area contributed by atoms with Gasteiger partial charge in [0.1, 0.15) is 28.7 Å². The molecule has 9 nitrogen and oxygen atoms in total. The lowest BCUT2D eigenvalue weighted by Crippen LogP contribution is -2.21. The molecule has 1 amide bonds. The van der Waals surface area contributed by atoms with Gasteiger partial charge in [0, 0.05) is 18.5 Å². The van der Waals surface area contributed by atoms with Crippen LogP contribution in [0, 0.1) is 25.2 Å². The largest absolute Gasteiger partial charge is 0.452 e. The summed E-state index contributed by atoms with van der Waals surface area (Å²) < 4.78 is 16.9. The summed E-state index contributed by atoms with van der Waals surface area (Å²) in [5, 5.41) is 15.4. The third-order valence-corrected chi connectivity index (χ3v) is 3.45. The lowest BCUT2D eigenvalue weighted by molar-refractivity contribution is -0.119. The number of ether oxygens (including phenoxy) is 1. The molecule has 1 N–H and O–H groups in total. The van der Waals surface area contributed by atoms with Crippen LogP contribution in [0.1, 0.15) is 27.4 Å². The molecule has 0 fully saturated rings. The van der Waals surface area contributed by atoms with Gasteiger partial charge in [-0.05, 0) is 26.0 Å². The van der Waals surface area contributed by atoms with E-state index in [1.54, 1.807) is 42.9 Å². The highest BCUT2D eigenvalue weighted by molar-refractivity contribution is 5.97. The van der Waals surface area contributed by atoms with Gasteiger partial charge in [0.05, 0.1) is 0 Å². The minimum atomic E-state index is -0.826. The smallest absolute Gasteiger partial charge is 0.343 e. The predicted octanol–water partition coefficient (Wildman–Crippen LogP) is 2.34. The molecule has 0 unspecified atom stereocenters. The molecule has 0 radical (unpaired) electrons. The molecule has 0 saturated carbocycles. The molecule has 0 bridgehead atoms. The van der Waals surface area contributed by atoms with Gasteiger partial charge in [-0.1, -0.05) is 5.16 Å². The average molecular weight is 354 g/mol. The van der Waals surface area contributed by atoms with Crippen LogP contribution in [0.4, 0.5) is 5.82 Å². The van der Waals surface area contributed by atoms with Gasteiger partial charge < -0.3 is 19.0 Å². The van der Waals surface area contributed by atoms with Crippen LogP contribution in [0.15, 0.2) is 39.5 Å². The summed E-state index contributed by atoms with van der Waals surface area (Å²) in [5.41, 5.74) is 0.0255. The Balaban J connectivity index is 1.72. The first-order chi connectivity index (χ1) is 12.5. The Morgan fingerprint density at radius 1 is 1.35 bits per heavy atom. The summed E-state index contributed by atoms with van der Waals surface area (Å²) in [6.45, 7) is 2.68. The third-order valence-electron chi connectivity index (χ3n) is 3.45. The van der Waals surface area contributed by atoms with Crippen molar-refractivity contribution < 1.29 is 23.3 Å². The summed E-state index contributed by atoms with van der Waals surface area (Å²) in [5.74, 6) is -0.227. The number of carbonyl (C=O) groups is 2. The van der Waals surface area contributed by atoms with Crippen LogP contribution in [0.5, 0.6) is 0 Å². The molecule has 9 heteroatoms. The number of aromatic nitrogens is 2. The minimum absolute atomic E-state index is 0.0127. The number of nitrogens with one attached hydrogen (secondary N) is 1. The van der Waals surface area contributed by atoms with Crippen molar-refractivity contribution in [3.8, 4) is 12.0 Å². The number of esters is 1. The molecular formula is C17H14N4O5. The molecule has 0 spiro atoms. The standard InChI is InChI=1S/C17H14N4O5/c1-10-7-13(20-26-10)19-14(22)9-24-17(23)15-11(2)25-16(12(15)8-18)21-5-3-4-6-21/h3-7H,9H2,1-2H3,(H,19,20,22). The van der Waals surface area contributed by atoms with E-state index in [1.807, 2.05) is 6.07 Å². The maximum atomic E-state index is 12.3. The van der Waals surface area contributed by atoms with E-state index in [4.69, 9.17) is 13.7 Å². The van der Waals surface area contributed by atoms with Crippen molar-refractivity contribution in [2.45, 2.75) is 13.8 Å². The van der Waals surface area contributed by atoms with Crippen LogP contribution in [0.25, 0.3) is 5.88 Å². The Kier molecular flexibility index (Phi) is 4.57. The van der Waals surface area contributed by atoms with E-state index in [2.05, 4.69) is 10.5 Å². The van der Waals surface area contributed by atoms with Gasteiger partial charge >= 0.3 is 5.97 Å². The van der Waals surface area contributed by atoms with Gasteiger partial charge in [-0.2, -0.15) is 5.26 Å². The fourth-order valence-corrected chi connectivity index (χ4v) is 2.34. The molecule has 0 aliphatic carbocycles. The van der Waals surface area contributed by atoms with Crippen molar-refractivity contribution in [1.82, 2.24) is 9.72 Å². The first kappa shape index (κ1) is 17.0. The van der Waals surface area contributed by atoms with Gasteiger partial charge in [-0.3, -0.25) is 9.36 Å². The summed E-state index contributed by atoms with van der Waals surface area (Å²) >= 11 is 0. The Bertz CT molecular complexity index is 991. The van der Waals surface area contributed by atoms with Crippen molar-refractivity contribution in [3.63, 3.8) is 0 Å². The van der Waals surface area contributed by atoms with E-state index >= 15 is 0 Å². The second kappa shape index (κ2) is 6.98. The SMILES string of the molecule is Cc1cc(NC(=O)COC(=O)c2c(C)oc(-n3cccc3)c2C#N)no1. The molecule has 132 valence electrons. The maximum absolute atomic E-state index is 12.3. The molecule has 26 heavy (non-hydrogen) atoms. The van der Waals surface area contributed by atoms with E-state index in [0.717, 1.165) is 0 Å². The Morgan fingerprint density at radius 3 is 2.69 bits per heavy atom. The number of aryl methyl sites for hydroxylation is 2. The van der Waals surface area contributed by atoms with Gasteiger partial charge in [-0.25, -0.2) is 4.79 Å². The number of amides is 1. The quantitative estimate of drug-likeness (QED) is 0.697. The molecule has 0 aliphatic rings. The normalized spacial score (nSPS) is 10.3. The van der Waals surface area contributed by atoms with E-state index in [1.165, 1.54) is 6.07 Å². The van der Waals surface area contributed by atoms with Crippen molar-refractivity contribution in [1.29, 1.82) is 5.26 Å². The van der Waals surface area contributed by atoms with E-state index < -0.39 is 18.5 Å². The number of nitriles is 1. The van der Waals surface area contributed by atoms with Crippen LogP contribution in [-0.4, -0.2) is 28.2 Å². The molecule has 3 rings (SSSR count). The topological polar surface area (TPSA) is 123 Å². The summed E-state index contributed by atoms with van der Waals surface area (Å²) in [6.07, 6.45) is 3.36. The number of rotatable bonds is 5. The third kappa shape index (κ3) is 3.34. The zero-order valence-electron chi connectivity index (χ0n) is 14.0. The molecule has 3 aromatic rings. The van der Waals surface area contributed by atoms with Gasteiger partial charge in [-0.15, -0.1) is 0 Å². The minimum Gasteiger partial charge on any atom is -0.452 e. The van der Waals surface area contributed by atoms with E-state index in [0.29, 0.717) is 5.76 Å². The Hall–Kier alpha value is -3.80. The molecule has 0 aliphatic heterocycles. The zero-order valence-corrected chi connectivity index (χ0v) is 14.0. The average Bonchev–Trinajstić information content (AvgIpc) is 3.32. The highest BCUT2D eigenvalue weighted by Crippen LogP contribution is 2.26. The van der Waals surface area contributed by atoms with Crippen LogP contribution < -0.4 is 5.32 Å². The molecule has 0 aromatic carbocycles. The van der Waals surface area contributed by atoms with Crippen LogP contribution in [0.3, 0.4) is 0 Å². The van der Waals surface area contributed by atoms with E-state index in [9.17, 15) is 14.9 Å². The number of furan rings is 1. The monoisotopic (exact) mass is 354 g/mol. The van der Waals surface area contributed by atoms with Gasteiger partial charge in [0.25, 0.3) is 5.91 Å². The summed E-state index contributed by atoms with van der Waals surface area (Å²) in [7, 11) is 0. The molecule has 3 heterocycles. The first-order valence-electron chi connectivity index (χ1n) is 7.56. The fourth-order valence-electron chi connectivity index (χ4n) is 2.34. The van der Waals surface area contributed by atoms with Gasteiger partial charge in [0.2, 0.25) is 5.88 Å². The first-order valence-corrected chi connectivity index (χ1v) is 7.56. The van der Waals surface area contributed by atoms with Crippen molar-refractivity contribution in [2.24, 2.45) is 0 Å². The summed E-state index contributed by atoms with van der Waals surface area (Å²) in [4.78, 5) is 24.2. The van der Waals surface area contributed by atoms with Crippen LogP contribution in [-0.2, 0) is 9.53 Å². The maximum Gasteiger partial charge on any atom is 0.343 e. The number of anilines is 1. The Morgan fingerprint density at radius 2 is 2.08 bits per heavy atom.